The molecule has 4 aromatic heterocycles. The van der Waals surface area contributed by atoms with Gasteiger partial charge in [-0.25, -0.2) is 8.42 Å². The monoisotopic (exact) mass is 882 g/mol. The van der Waals surface area contributed by atoms with Gasteiger partial charge in [0.25, 0.3) is 0 Å². The number of hydrogen-bond donors (Lipinski definition) is 0. The summed E-state index contributed by atoms with van der Waals surface area (Å²) in [7, 11) is -0.353. The highest BCUT2D eigenvalue weighted by Crippen LogP contribution is 2.18. The summed E-state index contributed by atoms with van der Waals surface area (Å²) in [6, 6.07) is 29.9. The number of hydrogen-bond acceptors (Lipinski definition) is 8. The summed E-state index contributed by atoms with van der Waals surface area (Å²) in [4.78, 5) is 36.5. The highest BCUT2D eigenvalue weighted by molar-refractivity contribution is 7.90. The minimum Gasteiger partial charge on any atom is -0.350 e. The van der Waals surface area contributed by atoms with Crippen LogP contribution in [0, 0.1) is 11.4 Å². The Morgan fingerprint density at radius 2 is 0.917 bits per heavy atom. The van der Waals surface area contributed by atoms with Crippen LogP contribution in [0.4, 0.5) is 0 Å². The fourth-order valence-corrected chi connectivity index (χ4v) is 9.02. The number of aryl methyl sites for hydroxylation is 5. The van der Waals surface area contributed by atoms with E-state index in [2.05, 4.69) is 29.8 Å². The molecule has 4 aromatic carbocycles. The number of aromatic nitrogens is 4. The molecule has 60 heavy (non-hydrogen) atoms. The summed E-state index contributed by atoms with van der Waals surface area (Å²) in [6.45, 7) is 4.80. The van der Waals surface area contributed by atoms with Gasteiger partial charge in [-0.1, -0.05) is 66.8 Å². The van der Waals surface area contributed by atoms with Crippen molar-refractivity contribution >= 4 is 87.3 Å². The largest absolute Gasteiger partial charge is 0.350 e. The molecule has 0 saturated heterocycles. The zero-order valence-electron chi connectivity index (χ0n) is 34.5. The van der Waals surface area contributed by atoms with Crippen LogP contribution in [0.3, 0.4) is 0 Å². The molecule has 0 amide bonds. The van der Waals surface area contributed by atoms with Crippen LogP contribution >= 0.6 is 12.2 Å². The maximum Gasteiger partial charge on any atom is 0.208 e. The quantitative estimate of drug-likeness (QED) is 0.169. The zero-order chi connectivity index (χ0) is 44.1. The van der Waals surface area contributed by atoms with Crippen LogP contribution in [0.25, 0.3) is 43.6 Å². The lowest BCUT2D eigenvalue weighted by atomic mass is 10.2. The number of sulfone groups is 1. The lowest BCUT2D eigenvalue weighted by molar-refractivity contribution is 0.600. The average molecular weight is 883 g/mol. The number of para-hydroxylation sites is 4. The van der Waals surface area contributed by atoms with Crippen molar-refractivity contribution < 1.29 is 16.8 Å². The van der Waals surface area contributed by atoms with Gasteiger partial charge in [-0.3, -0.25) is 22.8 Å². The van der Waals surface area contributed by atoms with Gasteiger partial charge in [0, 0.05) is 98.3 Å². The van der Waals surface area contributed by atoms with Crippen molar-refractivity contribution in [2.75, 3.05) is 18.8 Å². The third-order valence-corrected chi connectivity index (χ3v) is 13.2. The molecule has 8 rings (SSSR count). The average Bonchev–Trinajstić information content (AvgIpc) is 3.23. The molecule has 2 unspecified atom stereocenters. The Bertz CT molecular complexity index is 3330. The second-order valence-corrected chi connectivity index (χ2v) is 19.1. The lowest BCUT2D eigenvalue weighted by Gasteiger charge is -2.09. The predicted molar refractivity (Wildman–Crippen MR) is 249 cm³/mol. The molecular formula is C45H46N4O7S4. The summed E-state index contributed by atoms with van der Waals surface area (Å²) in [5.74, 6) is 0. The van der Waals surface area contributed by atoms with E-state index in [9.17, 15) is 31.2 Å². The van der Waals surface area contributed by atoms with E-state index >= 15 is 0 Å². The summed E-state index contributed by atoms with van der Waals surface area (Å²) in [5, 5.41) is 2.85. The Balaban J connectivity index is 0.000000152. The number of pyridine rings is 4. The van der Waals surface area contributed by atoms with Gasteiger partial charge in [0.15, 0.2) is 9.84 Å². The van der Waals surface area contributed by atoms with Gasteiger partial charge in [-0.15, -0.1) is 0 Å². The van der Waals surface area contributed by atoms with Gasteiger partial charge in [0.05, 0.1) is 42.7 Å². The second-order valence-electron chi connectivity index (χ2n) is 14.0. The highest BCUT2D eigenvalue weighted by atomic mass is 32.2. The molecule has 312 valence electrons. The first-order valence-corrected chi connectivity index (χ1v) is 24.0. The molecule has 0 aliphatic carbocycles. The summed E-state index contributed by atoms with van der Waals surface area (Å²) < 4.78 is 54.2. The van der Waals surface area contributed by atoms with Crippen molar-refractivity contribution in [3.8, 4) is 0 Å². The fourth-order valence-electron chi connectivity index (χ4n) is 6.68. The van der Waals surface area contributed by atoms with E-state index in [1.807, 2.05) is 84.8 Å². The van der Waals surface area contributed by atoms with Crippen molar-refractivity contribution in [3.05, 3.63) is 163 Å². The molecule has 0 aliphatic rings. The number of benzene rings is 4. The number of nitrogens with zero attached hydrogens (tertiary/aromatic N) is 4. The van der Waals surface area contributed by atoms with Crippen LogP contribution in [0.2, 0.25) is 0 Å². The Morgan fingerprint density at radius 3 is 1.38 bits per heavy atom. The van der Waals surface area contributed by atoms with E-state index in [4.69, 9.17) is 12.2 Å². The first-order valence-electron chi connectivity index (χ1n) is 18.6. The van der Waals surface area contributed by atoms with E-state index in [0.29, 0.717) is 25.9 Å². The highest BCUT2D eigenvalue weighted by Gasteiger charge is 2.16. The second kappa shape index (κ2) is 19.2. The van der Waals surface area contributed by atoms with Gasteiger partial charge in [0.2, 0.25) is 16.3 Å². The molecule has 0 N–H and O–H groups in total. The zero-order valence-corrected chi connectivity index (χ0v) is 37.8. The lowest BCUT2D eigenvalue weighted by Crippen LogP contribution is -2.17. The van der Waals surface area contributed by atoms with Crippen LogP contribution in [0.5, 0.6) is 0 Å². The minimum absolute atomic E-state index is 0.124. The van der Waals surface area contributed by atoms with E-state index < -0.39 is 36.9 Å². The molecule has 0 saturated carbocycles. The molecule has 0 fully saturated rings. The molecule has 11 nitrogen and oxygen atoms in total. The third kappa shape index (κ3) is 9.87. The minimum atomic E-state index is -3.48. The molecule has 8 aromatic rings. The van der Waals surface area contributed by atoms with Crippen LogP contribution in [-0.4, -0.2) is 53.9 Å². The van der Waals surface area contributed by atoms with Crippen molar-refractivity contribution in [3.63, 3.8) is 0 Å². The summed E-state index contributed by atoms with van der Waals surface area (Å²) >= 11 is 5.34. The third-order valence-electron chi connectivity index (χ3n) is 9.72. The summed E-state index contributed by atoms with van der Waals surface area (Å²) in [6.07, 6.45) is 10.9. The molecule has 4 heterocycles. The standard InChI is InChI=1S/C12H13NO2S.C11H11NO3S.C11H11NO2S.C11H11NS/c1-3-13-8-11(16(2)15)12(14)9-6-4-5-7-10(9)13;1-12-7-10(16(2,14)15)11(13)8-5-3-4-6-9(8)12;1-12-7-10(15(2)14)11(13)8-5-3-4-6-9(8)12;1-8-7-12(2)10-6-4-3-5-9(10)11(8)13/h4-8H,3H2,1-2H3;3-7H,1-2H3;3-7H,1-2H3;3-7H,1-2H3. The predicted octanol–water partition coefficient (Wildman–Crippen LogP) is 7.19. The topological polar surface area (TPSA) is 139 Å². The van der Waals surface area contributed by atoms with Gasteiger partial charge in [-0.2, -0.15) is 0 Å². The Morgan fingerprint density at radius 1 is 0.550 bits per heavy atom. The molecule has 0 spiro atoms. The van der Waals surface area contributed by atoms with E-state index in [-0.39, 0.29) is 15.8 Å². The molecule has 2 atom stereocenters. The van der Waals surface area contributed by atoms with E-state index in [0.717, 1.165) is 39.4 Å². The van der Waals surface area contributed by atoms with Gasteiger partial charge in [0.1, 0.15) is 14.7 Å². The van der Waals surface area contributed by atoms with Crippen LogP contribution in [0.15, 0.2) is 151 Å². The first-order chi connectivity index (χ1) is 28.4. The fraction of sp³-hybridized carbons (Fsp3) is 0.200. The van der Waals surface area contributed by atoms with Crippen molar-refractivity contribution in [1.29, 1.82) is 0 Å². The molecule has 0 bridgehead atoms. The SMILES string of the molecule is CCn1cc(S(C)=O)c(=O)c2ccccc21.Cc1cn(C)c2ccccc2c1=S.Cn1cc(S(C)(=O)=O)c(=O)c2ccccc21.Cn1cc(S(C)=O)c(=O)c2ccccc21. The van der Waals surface area contributed by atoms with Gasteiger partial charge < -0.3 is 18.3 Å². The summed E-state index contributed by atoms with van der Waals surface area (Å²) in [5.41, 5.74) is 4.14. The number of rotatable bonds is 4. The Hall–Kier alpha value is -5.61. The van der Waals surface area contributed by atoms with Gasteiger partial charge >= 0.3 is 0 Å². The first kappa shape index (κ1) is 45.5. The van der Waals surface area contributed by atoms with E-state index in [1.54, 1.807) is 54.3 Å². The van der Waals surface area contributed by atoms with Crippen molar-refractivity contribution in [2.45, 2.75) is 35.1 Å². The molecule has 0 radical (unpaired) electrons. The number of fused-ring (bicyclic) bond motifs is 4. The Kier molecular flexibility index (Phi) is 14.5. The Labute approximate surface area is 358 Å². The smallest absolute Gasteiger partial charge is 0.208 e. The molecule has 0 aliphatic heterocycles. The van der Waals surface area contributed by atoms with Crippen LogP contribution < -0.4 is 16.3 Å². The molecular weight excluding hydrogens is 837 g/mol. The van der Waals surface area contributed by atoms with Crippen LogP contribution in [0.1, 0.15) is 12.5 Å². The maximum atomic E-state index is 12.0. The van der Waals surface area contributed by atoms with Gasteiger partial charge in [-0.05, 0) is 61.9 Å². The van der Waals surface area contributed by atoms with Crippen molar-refractivity contribution in [1.82, 2.24) is 18.3 Å². The molecule has 15 heteroatoms. The maximum absolute atomic E-state index is 12.0. The van der Waals surface area contributed by atoms with E-state index in [1.165, 1.54) is 29.6 Å². The van der Waals surface area contributed by atoms with Crippen LogP contribution in [-0.2, 0) is 59.1 Å². The normalized spacial score (nSPS) is 12.1. The van der Waals surface area contributed by atoms with Crippen molar-refractivity contribution in [2.24, 2.45) is 21.1 Å².